The number of carbonyl (C=O) groups is 1. The summed E-state index contributed by atoms with van der Waals surface area (Å²) in [7, 11) is 1.18. The molecule has 0 radical (unpaired) electrons. The summed E-state index contributed by atoms with van der Waals surface area (Å²) >= 11 is 0. The van der Waals surface area contributed by atoms with Gasteiger partial charge in [-0.3, -0.25) is 4.79 Å². The monoisotopic (exact) mass is 262 g/mol. The molecule has 1 unspecified atom stereocenters. The van der Waals surface area contributed by atoms with E-state index in [1.807, 2.05) is 0 Å². The zero-order valence-corrected chi connectivity index (χ0v) is 12.1. The van der Waals surface area contributed by atoms with Gasteiger partial charge in [0.2, 0.25) is 0 Å². The van der Waals surface area contributed by atoms with Crippen LogP contribution < -0.4 is 0 Å². The molecular weight excluding hydrogens is 234 g/mol. The number of hydrogen-bond acceptors (Lipinski definition) is 4. The highest BCUT2D eigenvalue weighted by Crippen LogP contribution is 2.24. The molecule has 0 aromatic rings. The van der Waals surface area contributed by atoms with Gasteiger partial charge in [0.1, 0.15) is 7.05 Å². The second-order valence-corrected chi connectivity index (χ2v) is 5.08. The molecule has 0 aliphatic carbocycles. The second kappa shape index (κ2) is 7.71. The molecule has 0 aliphatic heterocycles. The maximum absolute atomic E-state index is 11.6. The molecule has 0 bridgehead atoms. The van der Waals surface area contributed by atoms with Gasteiger partial charge in [-0.2, -0.15) is 10.4 Å². The van der Waals surface area contributed by atoms with Crippen LogP contribution in [0.3, 0.4) is 0 Å². The summed E-state index contributed by atoms with van der Waals surface area (Å²) in [6, 6.07) is 0. The third-order valence-electron chi connectivity index (χ3n) is 3.37. The Labute approximate surface area is 110 Å². The number of hydrogen-bond donors (Lipinski definition) is 2. The molecule has 0 heterocycles. The molecule has 0 saturated heterocycles. The van der Waals surface area contributed by atoms with Gasteiger partial charge in [0.05, 0.1) is 0 Å². The number of esters is 1. The Morgan fingerprint density at radius 3 is 2.17 bits per heavy atom. The normalized spacial score (nSPS) is 15.2. The number of ether oxygens (including phenoxy) is 1. The van der Waals surface area contributed by atoms with Crippen molar-refractivity contribution in [3.05, 3.63) is 0 Å². The van der Waals surface area contributed by atoms with E-state index in [9.17, 15) is 15.2 Å². The summed E-state index contributed by atoms with van der Waals surface area (Å²) in [4.78, 5) is 10.3. The first kappa shape index (κ1) is 17.4. The number of hydroxylamine groups is 4. The van der Waals surface area contributed by atoms with Crippen molar-refractivity contribution < 1.29 is 24.8 Å². The van der Waals surface area contributed by atoms with E-state index in [0.717, 1.165) is 19.3 Å². The fourth-order valence-corrected chi connectivity index (χ4v) is 1.63. The smallest absolute Gasteiger partial charge is 0.310 e. The van der Waals surface area contributed by atoms with Crippen molar-refractivity contribution in [1.29, 1.82) is 0 Å². The molecule has 5 heteroatoms. The predicted octanol–water partition coefficient (Wildman–Crippen LogP) is 3.24. The van der Waals surface area contributed by atoms with E-state index in [1.165, 1.54) is 26.8 Å². The quantitative estimate of drug-likeness (QED) is 0.220. The van der Waals surface area contributed by atoms with Crippen LogP contribution in [0.5, 0.6) is 0 Å². The fourth-order valence-electron chi connectivity index (χ4n) is 1.63. The summed E-state index contributed by atoms with van der Waals surface area (Å²) in [5, 5.41) is 19.1. The van der Waals surface area contributed by atoms with Crippen molar-refractivity contribution >= 4 is 5.97 Å². The first-order valence-electron chi connectivity index (χ1n) is 6.80. The van der Waals surface area contributed by atoms with Crippen LogP contribution in [0, 0.1) is 0 Å². The molecular formula is C13H28NO4+. The third kappa shape index (κ3) is 5.80. The molecule has 1 atom stereocenters. The van der Waals surface area contributed by atoms with Gasteiger partial charge in [-0.25, -0.2) is 0 Å². The lowest BCUT2D eigenvalue weighted by Gasteiger charge is -2.34. The second-order valence-electron chi connectivity index (χ2n) is 5.08. The van der Waals surface area contributed by atoms with Crippen LogP contribution in [0.1, 0.15) is 65.7 Å². The Morgan fingerprint density at radius 1 is 1.17 bits per heavy atom. The molecule has 0 aromatic heterocycles. The average Bonchev–Trinajstić information content (AvgIpc) is 2.27. The molecule has 0 rings (SSSR count). The van der Waals surface area contributed by atoms with Crippen LogP contribution in [0.2, 0.25) is 0 Å². The summed E-state index contributed by atoms with van der Waals surface area (Å²) in [6.07, 6.45) is 5.95. The van der Waals surface area contributed by atoms with Crippen LogP contribution in [0.15, 0.2) is 0 Å². The Hall–Kier alpha value is -0.650. The van der Waals surface area contributed by atoms with Crippen LogP contribution in [-0.4, -0.2) is 34.0 Å². The van der Waals surface area contributed by atoms with Crippen LogP contribution in [0.25, 0.3) is 0 Å². The van der Waals surface area contributed by atoms with Crippen molar-refractivity contribution in [2.24, 2.45) is 0 Å². The molecule has 0 spiro atoms. The number of unbranched alkanes of at least 4 members (excludes halogenated alkanes) is 4. The summed E-state index contributed by atoms with van der Waals surface area (Å²) in [5.41, 5.74) is -1.31. The van der Waals surface area contributed by atoms with Crippen molar-refractivity contribution in [2.45, 2.75) is 71.4 Å². The zero-order chi connectivity index (χ0) is 14.2. The molecule has 0 saturated carbocycles. The molecule has 2 N–H and O–H groups in total. The molecule has 0 fully saturated rings. The molecule has 5 nitrogen and oxygen atoms in total. The third-order valence-corrected chi connectivity index (χ3v) is 3.37. The van der Waals surface area contributed by atoms with Crippen molar-refractivity contribution in [2.75, 3.05) is 7.05 Å². The highest BCUT2D eigenvalue weighted by atomic mass is 16.9. The Morgan fingerprint density at radius 2 is 1.72 bits per heavy atom. The first-order valence-corrected chi connectivity index (χ1v) is 6.80. The van der Waals surface area contributed by atoms with Gasteiger partial charge in [0.25, 0.3) is 0 Å². The average molecular weight is 262 g/mol. The zero-order valence-electron chi connectivity index (χ0n) is 12.1. The number of quaternary nitrogens is 1. The minimum absolute atomic E-state index is 0.331. The van der Waals surface area contributed by atoms with Crippen molar-refractivity contribution in [3.63, 3.8) is 0 Å². The summed E-state index contributed by atoms with van der Waals surface area (Å²) in [5.74, 6) is -0.372. The van der Waals surface area contributed by atoms with Crippen LogP contribution >= 0.6 is 0 Å². The molecule has 0 aromatic carbocycles. The molecule has 18 heavy (non-hydrogen) atoms. The lowest BCUT2D eigenvalue weighted by molar-refractivity contribution is -1.27. The summed E-state index contributed by atoms with van der Waals surface area (Å²) < 4.78 is 5.19. The fraction of sp³-hybridized carbons (Fsp3) is 0.923. The van der Waals surface area contributed by atoms with Gasteiger partial charge < -0.3 is 4.74 Å². The Kier molecular flexibility index (Phi) is 7.43. The standard InChI is InChI=1S/C13H28NO4/c1-5-7-8-9-10-11-12(15)18-13(3,6-2)14(4,16)17/h16-17H,5-11H2,1-4H3/q+1. The highest BCUT2D eigenvalue weighted by Gasteiger charge is 2.46. The lowest BCUT2D eigenvalue weighted by atomic mass is 10.1. The predicted molar refractivity (Wildman–Crippen MR) is 67.9 cm³/mol. The first-order chi connectivity index (χ1) is 8.27. The number of nitrogens with zero attached hydrogens (tertiary/aromatic N) is 1. The number of rotatable bonds is 9. The van der Waals surface area contributed by atoms with E-state index in [2.05, 4.69) is 6.92 Å². The van der Waals surface area contributed by atoms with Gasteiger partial charge in [-0.1, -0.05) is 39.5 Å². The molecule has 0 aliphatic rings. The van der Waals surface area contributed by atoms with Gasteiger partial charge in [0.15, 0.2) is 0 Å². The Bertz CT molecular complexity index is 250. The van der Waals surface area contributed by atoms with Crippen LogP contribution in [-0.2, 0) is 9.53 Å². The largest absolute Gasteiger partial charge is 0.404 e. The minimum atomic E-state index is -1.36. The van der Waals surface area contributed by atoms with E-state index in [1.54, 1.807) is 6.92 Å². The SMILES string of the molecule is CCCCCCCC(=O)OC(C)(CC)[N+](C)(O)O. The topological polar surface area (TPSA) is 66.8 Å². The Balaban J connectivity index is 4.06. The van der Waals surface area contributed by atoms with Gasteiger partial charge in [0, 0.05) is 19.8 Å². The lowest BCUT2D eigenvalue weighted by Crippen LogP contribution is -2.58. The van der Waals surface area contributed by atoms with E-state index < -0.39 is 10.5 Å². The highest BCUT2D eigenvalue weighted by molar-refractivity contribution is 5.69. The number of carbonyl (C=O) groups excluding carboxylic acids is 1. The van der Waals surface area contributed by atoms with Crippen molar-refractivity contribution in [1.82, 2.24) is 0 Å². The summed E-state index contributed by atoms with van der Waals surface area (Å²) in [6.45, 7) is 5.40. The van der Waals surface area contributed by atoms with E-state index >= 15 is 0 Å². The molecule has 0 amide bonds. The minimum Gasteiger partial charge on any atom is -0.404 e. The van der Waals surface area contributed by atoms with Crippen LogP contribution in [0.4, 0.5) is 0 Å². The maximum Gasteiger partial charge on any atom is 0.310 e. The van der Waals surface area contributed by atoms with E-state index in [4.69, 9.17) is 4.74 Å². The molecule has 108 valence electrons. The van der Waals surface area contributed by atoms with Gasteiger partial charge in [-0.05, 0) is 11.2 Å². The van der Waals surface area contributed by atoms with E-state index in [-0.39, 0.29) is 5.97 Å². The van der Waals surface area contributed by atoms with Gasteiger partial charge in [-0.15, -0.1) is 0 Å². The van der Waals surface area contributed by atoms with E-state index in [0.29, 0.717) is 12.8 Å². The van der Waals surface area contributed by atoms with Gasteiger partial charge >= 0.3 is 11.7 Å². The maximum atomic E-state index is 11.6. The van der Waals surface area contributed by atoms with Crippen molar-refractivity contribution in [3.8, 4) is 0 Å².